The van der Waals surface area contributed by atoms with Crippen molar-refractivity contribution < 1.29 is 51.0 Å². The van der Waals surface area contributed by atoms with Crippen LogP contribution in [0, 0.1) is 0 Å². The fourth-order valence-corrected chi connectivity index (χ4v) is 5.37. The van der Waals surface area contributed by atoms with Gasteiger partial charge in [0.15, 0.2) is 5.65 Å². The molecule has 2 heterocycles. The van der Waals surface area contributed by atoms with Crippen LogP contribution in [0.15, 0.2) is 18.5 Å². The van der Waals surface area contributed by atoms with Gasteiger partial charge in [-0.3, -0.25) is 4.57 Å². The highest BCUT2D eigenvalue weighted by Gasteiger charge is 2.40. The van der Waals surface area contributed by atoms with Gasteiger partial charge in [-0.1, -0.05) is 0 Å². The lowest BCUT2D eigenvalue weighted by molar-refractivity contribution is 0.0549. The molecule has 0 saturated carbocycles. The molecule has 0 spiro atoms. The van der Waals surface area contributed by atoms with Gasteiger partial charge in [0.25, 0.3) is 0 Å². The SMILES string of the molecule is Nc1ccnn2c(C[C@H](CF)OCP(=O)(O)OP(=O)(O)OP(=O)(O)O)cnc12. The molecular weight excluding hydrogens is 448 g/mol. The summed E-state index contributed by atoms with van der Waals surface area (Å²) >= 11 is 0. The number of hydrogen-bond donors (Lipinski definition) is 5. The molecule has 0 saturated heterocycles. The Morgan fingerprint density at radius 3 is 2.50 bits per heavy atom. The summed E-state index contributed by atoms with van der Waals surface area (Å²) in [5.74, 6) is 0. The first-order chi connectivity index (χ1) is 12.8. The van der Waals surface area contributed by atoms with Crippen molar-refractivity contribution in [1.82, 2.24) is 14.6 Å². The topological polar surface area (TPSA) is 216 Å². The number of hydrogen-bond acceptors (Lipinski definition) is 9. The zero-order valence-electron chi connectivity index (χ0n) is 13.8. The maximum absolute atomic E-state index is 13.2. The number of ether oxygens (including phenoxy) is 1. The number of halogens is 1. The zero-order valence-corrected chi connectivity index (χ0v) is 16.5. The molecule has 0 bridgehead atoms. The molecule has 0 aromatic carbocycles. The molecule has 0 amide bonds. The molecule has 0 radical (unpaired) electrons. The minimum atomic E-state index is -5.59. The Hall–Kier alpha value is -1.24. The van der Waals surface area contributed by atoms with E-state index < -0.39 is 42.4 Å². The van der Waals surface area contributed by atoms with Gasteiger partial charge < -0.3 is 30.0 Å². The van der Waals surface area contributed by atoms with E-state index in [1.165, 1.54) is 23.0 Å². The highest BCUT2D eigenvalue weighted by atomic mass is 31.3. The van der Waals surface area contributed by atoms with Gasteiger partial charge in [0.1, 0.15) is 13.0 Å². The lowest BCUT2D eigenvalue weighted by Crippen LogP contribution is -2.20. The van der Waals surface area contributed by atoms with E-state index in [2.05, 4.69) is 18.7 Å². The molecule has 2 unspecified atom stereocenters. The fourth-order valence-electron chi connectivity index (χ4n) is 2.03. The number of nitrogens with zero attached hydrogens (tertiary/aromatic N) is 3. The Labute approximate surface area is 156 Å². The smallest absolute Gasteiger partial charge is 0.396 e. The van der Waals surface area contributed by atoms with Crippen LogP contribution in [0.4, 0.5) is 10.1 Å². The van der Waals surface area contributed by atoms with Crippen molar-refractivity contribution in [2.24, 2.45) is 0 Å². The highest BCUT2D eigenvalue weighted by molar-refractivity contribution is 7.68. The van der Waals surface area contributed by atoms with Gasteiger partial charge in [-0.2, -0.15) is 9.41 Å². The van der Waals surface area contributed by atoms with Gasteiger partial charge in [-0.05, 0) is 6.07 Å². The third-order valence-electron chi connectivity index (χ3n) is 3.03. The average molecular weight is 464 g/mol. The third-order valence-corrected chi connectivity index (χ3v) is 7.02. The second kappa shape index (κ2) is 8.64. The minimum absolute atomic E-state index is 0.163. The Bertz CT molecular complexity index is 980. The van der Waals surface area contributed by atoms with Crippen LogP contribution in [0.25, 0.3) is 5.65 Å². The van der Waals surface area contributed by atoms with Gasteiger partial charge in [0, 0.05) is 6.42 Å². The number of aromatic nitrogens is 3. The minimum Gasteiger partial charge on any atom is -0.396 e. The first kappa shape index (κ1) is 23.0. The first-order valence-electron chi connectivity index (χ1n) is 7.19. The van der Waals surface area contributed by atoms with E-state index in [1.807, 2.05) is 0 Å². The lowest BCUT2D eigenvalue weighted by atomic mass is 10.2. The third kappa shape index (κ3) is 6.68. The number of phosphoric acid groups is 2. The predicted molar refractivity (Wildman–Crippen MR) is 90.7 cm³/mol. The van der Waals surface area contributed by atoms with Crippen LogP contribution < -0.4 is 5.73 Å². The maximum atomic E-state index is 13.2. The summed E-state index contributed by atoms with van der Waals surface area (Å²) in [7, 11) is -16.1. The summed E-state index contributed by atoms with van der Waals surface area (Å²) in [6.45, 7) is -1.12. The van der Waals surface area contributed by atoms with Crippen LogP contribution >= 0.6 is 23.2 Å². The molecule has 0 aliphatic carbocycles. The van der Waals surface area contributed by atoms with Gasteiger partial charge in [0.05, 0.1) is 29.9 Å². The number of fused-ring (bicyclic) bond motifs is 1. The number of nitrogen functional groups attached to an aromatic ring is 1. The molecule has 2 rings (SSSR count). The summed E-state index contributed by atoms with van der Waals surface area (Å²) in [5.41, 5.74) is 6.70. The lowest BCUT2D eigenvalue weighted by Gasteiger charge is -2.19. The molecule has 18 heteroatoms. The van der Waals surface area contributed by atoms with Crippen molar-refractivity contribution in [2.45, 2.75) is 12.5 Å². The number of anilines is 1. The Morgan fingerprint density at radius 1 is 1.21 bits per heavy atom. The number of alkyl halides is 1. The summed E-state index contributed by atoms with van der Waals surface area (Å²) in [6, 6.07) is 1.50. The summed E-state index contributed by atoms with van der Waals surface area (Å²) < 4.78 is 60.3. The normalized spacial score (nSPS) is 17.9. The van der Waals surface area contributed by atoms with E-state index in [-0.39, 0.29) is 6.42 Å². The molecule has 0 aliphatic rings. The van der Waals surface area contributed by atoms with Crippen LogP contribution in [-0.2, 0) is 33.5 Å². The van der Waals surface area contributed by atoms with E-state index in [9.17, 15) is 23.0 Å². The van der Waals surface area contributed by atoms with Crippen molar-refractivity contribution in [1.29, 1.82) is 0 Å². The molecule has 14 nitrogen and oxygen atoms in total. The highest BCUT2D eigenvalue weighted by Crippen LogP contribution is 2.65. The Morgan fingerprint density at radius 2 is 1.89 bits per heavy atom. The Balaban J connectivity index is 2.02. The van der Waals surface area contributed by atoms with Crippen LogP contribution in [0.5, 0.6) is 0 Å². The second-order valence-electron chi connectivity index (χ2n) is 5.31. The predicted octanol–water partition coefficient (Wildman–Crippen LogP) is 0.578. The van der Waals surface area contributed by atoms with E-state index in [4.69, 9.17) is 25.2 Å². The molecule has 28 heavy (non-hydrogen) atoms. The van der Waals surface area contributed by atoms with Crippen molar-refractivity contribution in [3.63, 3.8) is 0 Å². The maximum Gasteiger partial charge on any atom is 0.488 e. The fraction of sp³-hybridized carbons (Fsp3) is 0.400. The van der Waals surface area contributed by atoms with Gasteiger partial charge in [0.2, 0.25) is 0 Å². The molecule has 0 fully saturated rings. The van der Waals surface area contributed by atoms with Crippen molar-refractivity contribution in [3.05, 3.63) is 24.2 Å². The number of rotatable bonds is 10. The quantitative estimate of drug-likeness (QED) is 0.304. The molecule has 158 valence electrons. The van der Waals surface area contributed by atoms with Crippen LogP contribution in [-0.4, -0.2) is 53.3 Å². The summed E-state index contributed by atoms with van der Waals surface area (Å²) in [4.78, 5) is 39.5. The van der Waals surface area contributed by atoms with Crippen molar-refractivity contribution >= 4 is 34.6 Å². The number of imidazole rings is 1. The van der Waals surface area contributed by atoms with Crippen molar-refractivity contribution in [3.8, 4) is 0 Å². The van der Waals surface area contributed by atoms with Crippen molar-refractivity contribution in [2.75, 3.05) is 18.8 Å². The molecular formula is C10H16FN4O10P3. The summed E-state index contributed by atoms with van der Waals surface area (Å²) in [6.07, 6.45) is 0.00420. The monoisotopic (exact) mass is 464 g/mol. The number of nitrogens with two attached hydrogens (primary N) is 1. The van der Waals surface area contributed by atoms with E-state index in [0.717, 1.165) is 0 Å². The van der Waals surface area contributed by atoms with E-state index in [1.54, 1.807) is 0 Å². The van der Waals surface area contributed by atoms with E-state index in [0.29, 0.717) is 17.0 Å². The molecule has 6 N–H and O–H groups in total. The van der Waals surface area contributed by atoms with E-state index >= 15 is 0 Å². The van der Waals surface area contributed by atoms with Crippen LogP contribution in [0.1, 0.15) is 5.69 Å². The van der Waals surface area contributed by atoms with Crippen LogP contribution in [0.2, 0.25) is 0 Å². The van der Waals surface area contributed by atoms with Gasteiger partial charge in [-0.15, -0.1) is 0 Å². The second-order valence-corrected chi connectivity index (χ2v) is 10.1. The molecule has 2 aromatic rings. The standard InChI is InChI=1S/C10H16FN4O10P3/c11-4-8(3-7-5-13-10-9(12)1-2-14-15(7)10)23-6-26(16,17)24-28(21,22)25-27(18,19)20/h1-2,5,8H,3-4,6,12H2,(H,16,17)(H,21,22)(H2,18,19,20)/t8-/m1/s1. The van der Waals surface area contributed by atoms with Gasteiger partial charge in [-0.25, -0.2) is 27.3 Å². The summed E-state index contributed by atoms with van der Waals surface area (Å²) in [5, 5.41) is 3.99. The van der Waals surface area contributed by atoms with Crippen LogP contribution in [0.3, 0.4) is 0 Å². The molecule has 0 aliphatic heterocycles. The largest absolute Gasteiger partial charge is 0.488 e. The Kier molecular flexibility index (Phi) is 7.11. The molecule has 2 aromatic heterocycles. The average Bonchev–Trinajstić information content (AvgIpc) is 2.92. The first-order valence-corrected chi connectivity index (χ1v) is 12.0. The zero-order chi connectivity index (χ0) is 21.2. The molecule has 3 atom stereocenters. The van der Waals surface area contributed by atoms with Gasteiger partial charge >= 0.3 is 23.2 Å².